The zero-order valence-corrected chi connectivity index (χ0v) is 13.8. The third-order valence-electron chi connectivity index (χ3n) is 3.98. The van der Waals surface area contributed by atoms with Crippen LogP contribution in [-0.4, -0.2) is 17.4 Å². The molecule has 0 aliphatic heterocycles. The van der Waals surface area contributed by atoms with E-state index in [1.54, 1.807) is 0 Å². The summed E-state index contributed by atoms with van der Waals surface area (Å²) in [5, 5.41) is 8.82. The molecule has 3 heteroatoms. The quantitative estimate of drug-likeness (QED) is 0.391. The normalized spacial score (nSPS) is 12.0. The lowest BCUT2D eigenvalue weighted by Crippen LogP contribution is -2.16. The molecule has 1 aromatic rings. The van der Waals surface area contributed by atoms with E-state index in [1.165, 1.54) is 24.8 Å². The fraction of sp³-hybridized carbons (Fsp3) is 0.632. The fourth-order valence-electron chi connectivity index (χ4n) is 2.73. The topological polar surface area (TPSA) is 46.5 Å². The Morgan fingerprint density at radius 2 is 1.64 bits per heavy atom. The Balaban J connectivity index is 2.14. The van der Waals surface area contributed by atoms with Crippen molar-refractivity contribution < 1.29 is 14.6 Å². The van der Waals surface area contributed by atoms with Crippen LogP contribution in [0.15, 0.2) is 30.3 Å². The van der Waals surface area contributed by atoms with E-state index in [0.717, 1.165) is 44.9 Å². The first-order chi connectivity index (χ1) is 10.7. The molecular formula is C19H30O3. The Morgan fingerprint density at radius 1 is 1.00 bits per heavy atom. The Labute approximate surface area is 134 Å². The van der Waals surface area contributed by atoms with Gasteiger partial charge in [-0.15, -0.1) is 0 Å². The minimum Gasteiger partial charge on any atom is -0.450 e. The van der Waals surface area contributed by atoms with Gasteiger partial charge in [0.25, 0.3) is 0 Å². The van der Waals surface area contributed by atoms with Crippen LogP contribution in [0.2, 0.25) is 0 Å². The van der Waals surface area contributed by atoms with Crippen molar-refractivity contribution in [3.05, 3.63) is 35.9 Å². The van der Waals surface area contributed by atoms with E-state index in [1.807, 2.05) is 6.07 Å². The number of ether oxygens (including phenoxy) is 1. The molecule has 0 bridgehead atoms. The summed E-state index contributed by atoms with van der Waals surface area (Å²) in [6, 6.07) is 10.5. The number of hydrogen-bond acceptors (Lipinski definition) is 2. The summed E-state index contributed by atoms with van der Waals surface area (Å²) in [5.74, 6) is 0. The Bertz CT molecular complexity index is 389. The van der Waals surface area contributed by atoms with Crippen LogP contribution in [0.3, 0.4) is 0 Å². The minimum absolute atomic E-state index is 0.119. The first-order valence-electron chi connectivity index (χ1n) is 8.66. The molecule has 0 aliphatic rings. The highest BCUT2D eigenvalue weighted by Gasteiger charge is 2.12. The predicted molar refractivity (Wildman–Crippen MR) is 90.3 cm³/mol. The molecule has 0 heterocycles. The van der Waals surface area contributed by atoms with E-state index in [0.29, 0.717) is 0 Å². The van der Waals surface area contributed by atoms with E-state index in [9.17, 15) is 4.79 Å². The van der Waals surface area contributed by atoms with Crippen molar-refractivity contribution in [3.8, 4) is 0 Å². The highest BCUT2D eigenvalue weighted by Crippen LogP contribution is 2.16. The van der Waals surface area contributed by atoms with Gasteiger partial charge in [0, 0.05) is 0 Å². The van der Waals surface area contributed by atoms with Crippen LogP contribution in [0, 0.1) is 0 Å². The maximum atomic E-state index is 10.8. The van der Waals surface area contributed by atoms with Crippen molar-refractivity contribution in [2.75, 3.05) is 0 Å². The molecule has 0 spiro atoms. The van der Waals surface area contributed by atoms with Gasteiger partial charge in [0.2, 0.25) is 0 Å². The van der Waals surface area contributed by atoms with Crippen molar-refractivity contribution in [2.24, 2.45) is 0 Å². The van der Waals surface area contributed by atoms with E-state index >= 15 is 0 Å². The second kappa shape index (κ2) is 12.1. The molecule has 1 rings (SSSR count). The second-order valence-corrected chi connectivity index (χ2v) is 5.94. The third-order valence-corrected chi connectivity index (χ3v) is 3.98. The molecule has 1 aromatic carbocycles. The van der Waals surface area contributed by atoms with Gasteiger partial charge in [0.15, 0.2) is 0 Å². The number of aryl methyl sites for hydroxylation is 1. The Morgan fingerprint density at radius 3 is 2.23 bits per heavy atom. The van der Waals surface area contributed by atoms with Gasteiger partial charge >= 0.3 is 6.16 Å². The summed E-state index contributed by atoms with van der Waals surface area (Å²) < 4.78 is 5.01. The van der Waals surface area contributed by atoms with Gasteiger partial charge in [-0.05, 0) is 44.1 Å². The monoisotopic (exact) mass is 306 g/mol. The van der Waals surface area contributed by atoms with Crippen LogP contribution in [0.4, 0.5) is 4.79 Å². The molecule has 0 radical (unpaired) electrons. The van der Waals surface area contributed by atoms with Crippen LogP contribution in [-0.2, 0) is 11.2 Å². The number of rotatable bonds is 12. The molecule has 0 saturated heterocycles. The van der Waals surface area contributed by atoms with Gasteiger partial charge in [0.1, 0.15) is 6.10 Å². The van der Waals surface area contributed by atoms with Crippen LogP contribution in [0.1, 0.15) is 70.3 Å². The molecule has 1 N–H and O–H groups in total. The van der Waals surface area contributed by atoms with Gasteiger partial charge in [-0.1, -0.05) is 62.9 Å². The SMILES string of the molecule is CCCCCCC(CCCCCc1ccccc1)OC(=O)O. The average Bonchev–Trinajstić information content (AvgIpc) is 2.51. The molecule has 0 aromatic heterocycles. The molecule has 0 aliphatic carbocycles. The van der Waals surface area contributed by atoms with Gasteiger partial charge in [-0.3, -0.25) is 0 Å². The van der Waals surface area contributed by atoms with Crippen LogP contribution >= 0.6 is 0 Å². The molecule has 0 saturated carbocycles. The molecule has 1 unspecified atom stereocenters. The lowest BCUT2D eigenvalue weighted by atomic mass is 10.0. The minimum atomic E-state index is -1.13. The largest absolute Gasteiger partial charge is 0.506 e. The maximum Gasteiger partial charge on any atom is 0.506 e. The number of hydrogen-bond donors (Lipinski definition) is 1. The van der Waals surface area contributed by atoms with Gasteiger partial charge in [0.05, 0.1) is 0 Å². The molecule has 0 amide bonds. The molecule has 1 atom stereocenters. The molecule has 22 heavy (non-hydrogen) atoms. The van der Waals surface area contributed by atoms with E-state index in [-0.39, 0.29) is 6.10 Å². The van der Waals surface area contributed by atoms with Gasteiger partial charge in [-0.2, -0.15) is 0 Å². The van der Waals surface area contributed by atoms with E-state index in [2.05, 4.69) is 31.2 Å². The van der Waals surface area contributed by atoms with Crippen molar-refractivity contribution in [2.45, 2.75) is 77.2 Å². The number of carbonyl (C=O) groups is 1. The second-order valence-electron chi connectivity index (χ2n) is 5.94. The molecule has 124 valence electrons. The number of carboxylic acid groups (broad SMARTS) is 1. The maximum absolute atomic E-state index is 10.8. The van der Waals surface area contributed by atoms with Crippen LogP contribution in [0.5, 0.6) is 0 Å². The summed E-state index contributed by atoms with van der Waals surface area (Å²) in [5.41, 5.74) is 1.38. The zero-order valence-electron chi connectivity index (χ0n) is 13.8. The number of benzene rings is 1. The average molecular weight is 306 g/mol. The first kappa shape index (κ1) is 18.5. The highest BCUT2D eigenvalue weighted by molar-refractivity contribution is 5.57. The standard InChI is InChI=1S/C19H30O3/c1-2-3-4-10-15-18(22-19(20)21)16-11-6-9-14-17-12-7-5-8-13-17/h5,7-8,12-13,18H,2-4,6,9-11,14-16H2,1H3,(H,20,21). The number of unbranched alkanes of at least 4 members (excludes halogenated alkanes) is 5. The van der Waals surface area contributed by atoms with Crippen molar-refractivity contribution in [1.29, 1.82) is 0 Å². The van der Waals surface area contributed by atoms with Crippen molar-refractivity contribution >= 4 is 6.16 Å². The molecule has 3 nitrogen and oxygen atoms in total. The zero-order chi connectivity index (χ0) is 16.0. The van der Waals surface area contributed by atoms with Crippen molar-refractivity contribution in [3.63, 3.8) is 0 Å². The lowest BCUT2D eigenvalue weighted by molar-refractivity contribution is 0.0423. The summed E-state index contributed by atoms with van der Waals surface area (Å²) in [4.78, 5) is 10.8. The van der Waals surface area contributed by atoms with Crippen LogP contribution < -0.4 is 0 Å². The third kappa shape index (κ3) is 9.43. The Kier molecular flexibility index (Phi) is 10.2. The van der Waals surface area contributed by atoms with Gasteiger partial charge < -0.3 is 9.84 Å². The first-order valence-corrected chi connectivity index (χ1v) is 8.66. The highest BCUT2D eigenvalue weighted by atomic mass is 16.7. The fourth-order valence-corrected chi connectivity index (χ4v) is 2.73. The smallest absolute Gasteiger partial charge is 0.450 e. The lowest BCUT2D eigenvalue weighted by Gasteiger charge is -2.15. The van der Waals surface area contributed by atoms with E-state index in [4.69, 9.17) is 9.84 Å². The predicted octanol–water partition coefficient (Wildman–Crippen LogP) is 5.82. The summed E-state index contributed by atoms with van der Waals surface area (Å²) in [7, 11) is 0. The van der Waals surface area contributed by atoms with Crippen LogP contribution in [0.25, 0.3) is 0 Å². The Hall–Kier alpha value is -1.51. The van der Waals surface area contributed by atoms with Crippen molar-refractivity contribution in [1.82, 2.24) is 0 Å². The van der Waals surface area contributed by atoms with E-state index < -0.39 is 6.16 Å². The summed E-state index contributed by atoms with van der Waals surface area (Å²) >= 11 is 0. The summed E-state index contributed by atoms with van der Waals surface area (Å²) in [6.45, 7) is 2.18. The summed E-state index contributed by atoms with van der Waals surface area (Å²) in [6.07, 6.45) is 9.54. The van der Waals surface area contributed by atoms with Gasteiger partial charge in [-0.25, -0.2) is 4.79 Å². The molecular weight excluding hydrogens is 276 g/mol. The molecule has 0 fully saturated rings.